The van der Waals surface area contributed by atoms with Crippen LogP contribution in [0.5, 0.6) is 0 Å². The van der Waals surface area contributed by atoms with E-state index in [4.69, 9.17) is 34.9 Å². The van der Waals surface area contributed by atoms with Gasteiger partial charge < -0.3 is 0 Å². The number of fused-ring (bicyclic) bond motifs is 2. The van der Waals surface area contributed by atoms with Crippen LogP contribution in [0.3, 0.4) is 0 Å². The molecule has 0 aliphatic carbocycles. The second-order valence-corrected chi connectivity index (χ2v) is 6.06. The zero-order chi connectivity index (χ0) is 12.9. The van der Waals surface area contributed by atoms with Crippen molar-refractivity contribution in [2.45, 2.75) is 0 Å². The molecule has 3 aromatic rings. The highest BCUT2D eigenvalue weighted by atomic mass is 35.5. The number of halogens is 2. The molecule has 0 bridgehead atoms. The van der Waals surface area contributed by atoms with E-state index in [-0.39, 0.29) is 0 Å². The lowest BCUT2D eigenvalue weighted by molar-refractivity contribution is 1.31. The number of thiazole rings is 2. The molecule has 0 aliphatic rings. The second-order valence-electron chi connectivity index (χ2n) is 3.31. The van der Waals surface area contributed by atoms with Crippen LogP contribution in [-0.4, -0.2) is 9.97 Å². The van der Waals surface area contributed by atoms with Crippen molar-refractivity contribution >= 4 is 76.6 Å². The molecule has 0 saturated heterocycles. The van der Waals surface area contributed by atoms with Crippen molar-refractivity contribution in [1.82, 2.24) is 9.97 Å². The molecule has 2 aromatic heterocycles. The lowest BCUT2D eigenvalue weighted by atomic mass is 10.3. The van der Waals surface area contributed by atoms with E-state index in [0.717, 1.165) is 9.40 Å². The van der Waals surface area contributed by atoms with Gasteiger partial charge in [-0.1, -0.05) is 45.9 Å². The Morgan fingerprint density at radius 1 is 0.833 bits per heavy atom. The molecular formula is C8H6Cl2N6S2. The van der Waals surface area contributed by atoms with Crippen LogP contribution < -0.4 is 22.5 Å². The quantitative estimate of drug-likeness (QED) is 0.428. The maximum atomic E-state index is 6.31. The number of nitrogen functional groups attached to an aromatic ring is 2. The Labute approximate surface area is 119 Å². The van der Waals surface area contributed by atoms with Crippen molar-refractivity contribution in [3.05, 3.63) is 10.0 Å². The summed E-state index contributed by atoms with van der Waals surface area (Å²) in [5, 5.41) is 2.09. The number of hydrogen-bond acceptors (Lipinski definition) is 8. The summed E-state index contributed by atoms with van der Waals surface area (Å²) in [5.74, 6) is 10.7. The molecule has 0 fully saturated rings. The Morgan fingerprint density at radius 2 is 1.22 bits per heavy atom. The topological polar surface area (TPSA) is 102 Å². The van der Waals surface area contributed by atoms with Gasteiger partial charge in [-0.05, 0) is 0 Å². The molecule has 94 valence electrons. The summed E-state index contributed by atoms with van der Waals surface area (Å²) < 4.78 is 1.49. The highest BCUT2D eigenvalue weighted by molar-refractivity contribution is 7.25. The minimum atomic E-state index is 0.501. The van der Waals surface area contributed by atoms with Crippen LogP contribution in [0.4, 0.5) is 10.3 Å². The van der Waals surface area contributed by atoms with E-state index in [2.05, 4.69) is 20.8 Å². The maximum Gasteiger partial charge on any atom is 0.198 e. The van der Waals surface area contributed by atoms with E-state index in [1.165, 1.54) is 22.7 Å². The van der Waals surface area contributed by atoms with E-state index in [0.29, 0.717) is 31.3 Å². The lowest BCUT2D eigenvalue weighted by Crippen LogP contribution is -2.05. The number of hydrazine groups is 2. The van der Waals surface area contributed by atoms with Crippen molar-refractivity contribution < 1.29 is 0 Å². The highest BCUT2D eigenvalue weighted by Crippen LogP contribution is 2.45. The molecule has 3 rings (SSSR count). The number of hydrogen-bond donors (Lipinski definition) is 4. The molecular weight excluding hydrogens is 315 g/mol. The number of aromatic nitrogens is 2. The van der Waals surface area contributed by atoms with E-state index in [1.807, 2.05) is 0 Å². The first-order chi connectivity index (χ1) is 8.65. The van der Waals surface area contributed by atoms with Crippen molar-refractivity contribution in [3.8, 4) is 0 Å². The van der Waals surface area contributed by atoms with Gasteiger partial charge in [0, 0.05) is 0 Å². The van der Waals surface area contributed by atoms with Crippen molar-refractivity contribution in [3.63, 3.8) is 0 Å². The van der Waals surface area contributed by atoms with Gasteiger partial charge in [-0.15, -0.1) is 0 Å². The summed E-state index contributed by atoms with van der Waals surface area (Å²) in [6, 6.07) is 0. The Morgan fingerprint density at radius 3 is 1.56 bits per heavy atom. The van der Waals surface area contributed by atoms with Gasteiger partial charge in [0.15, 0.2) is 10.3 Å². The highest BCUT2D eigenvalue weighted by Gasteiger charge is 2.19. The predicted octanol–water partition coefficient (Wildman–Crippen LogP) is 2.78. The van der Waals surface area contributed by atoms with Gasteiger partial charge in [0.25, 0.3) is 0 Å². The number of rotatable bonds is 2. The van der Waals surface area contributed by atoms with Gasteiger partial charge in [0.1, 0.15) is 11.0 Å². The van der Waals surface area contributed by atoms with Gasteiger partial charge in [-0.3, -0.25) is 10.9 Å². The van der Waals surface area contributed by atoms with E-state index < -0.39 is 0 Å². The van der Waals surface area contributed by atoms with Crippen LogP contribution in [0, 0.1) is 0 Å². The van der Waals surface area contributed by atoms with Gasteiger partial charge in [-0.2, -0.15) is 0 Å². The first-order valence-corrected chi connectivity index (χ1v) is 7.06. The zero-order valence-electron chi connectivity index (χ0n) is 8.62. The van der Waals surface area contributed by atoms with Gasteiger partial charge in [0.2, 0.25) is 0 Å². The van der Waals surface area contributed by atoms with Crippen LogP contribution in [0.15, 0.2) is 0 Å². The number of nitrogens with two attached hydrogens (primary N) is 2. The second kappa shape index (κ2) is 4.34. The van der Waals surface area contributed by atoms with Gasteiger partial charge >= 0.3 is 0 Å². The molecule has 0 aliphatic heterocycles. The van der Waals surface area contributed by atoms with Crippen LogP contribution in [0.2, 0.25) is 10.0 Å². The first-order valence-electron chi connectivity index (χ1n) is 4.67. The normalized spacial score (nSPS) is 11.3. The fourth-order valence-electron chi connectivity index (χ4n) is 1.57. The summed E-state index contributed by atoms with van der Waals surface area (Å²) in [5.41, 5.74) is 6.18. The Balaban J connectivity index is 2.46. The number of nitrogens with one attached hydrogen (secondary N) is 2. The largest absolute Gasteiger partial charge is 0.300 e. The minimum absolute atomic E-state index is 0.501. The Hall–Kier alpha value is -0.900. The average molecular weight is 321 g/mol. The lowest BCUT2D eigenvalue weighted by Gasteiger charge is -1.97. The molecule has 0 amide bonds. The van der Waals surface area contributed by atoms with Crippen LogP contribution >= 0.6 is 45.9 Å². The fourth-order valence-corrected chi connectivity index (χ4v) is 4.01. The molecule has 6 nitrogen and oxygen atoms in total. The number of nitrogens with zero attached hydrogens (tertiary/aromatic N) is 2. The smallest absolute Gasteiger partial charge is 0.198 e. The first kappa shape index (κ1) is 12.2. The maximum absolute atomic E-state index is 6.31. The molecule has 0 atom stereocenters. The summed E-state index contributed by atoms with van der Waals surface area (Å²) in [7, 11) is 0. The molecule has 0 spiro atoms. The van der Waals surface area contributed by atoms with Crippen LogP contribution in [0.1, 0.15) is 0 Å². The third-order valence-electron chi connectivity index (χ3n) is 2.32. The number of anilines is 2. The zero-order valence-corrected chi connectivity index (χ0v) is 11.8. The van der Waals surface area contributed by atoms with Crippen LogP contribution in [0.25, 0.3) is 20.4 Å². The predicted molar refractivity (Wildman–Crippen MR) is 78.4 cm³/mol. The van der Waals surface area contributed by atoms with E-state index in [9.17, 15) is 0 Å². The fraction of sp³-hybridized carbons (Fsp3) is 0. The summed E-state index contributed by atoms with van der Waals surface area (Å²) in [6.07, 6.45) is 0. The van der Waals surface area contributed by atoms with Gasteiger partial charge in [0.05, 0.1) is 19.4 Å². The molecule has 2 heterocycles. The van der Waals surface area contributed by atoms with E-state index in [1.54, 1.807) is 0 Å². The molecule has 6 N–H and O–H groups in total. The molecule has 10 heteroatoms. The van der Waals surface area contributed by atoms with Crippen LogP contribution in [-0.2, 0) is 0 Å². The molecule has 0 unspecified atom stereocenters. The SMILES string of the molecule is NNc1nc2c(Cl)c3sc(NN)nc3c(Cl)c2s1. The third-order valence-corrected chi connectivity index (χ3v) is 5.28. The molecule has 0 radical (unpaired) electrons. The van der Waals surface area contributed by atoms with Crippen molar-refractivity contribution in [2.75, 3.05) is 10.9 Å². The molecule has 0 saturated carbocycles. The standard InChI is InChI=1S/C8H6Cl2N6S2/c9-1-3-6(18-7(13-3)15-11)2(10)4-5(1)17-8(14-4)16-12/h11-12H2,(H,13,15)(H,14,16). The third kappa shape index (κ3) is 1.62. The monoisotopic (exact) mass is 320 g/mol. The summed E-state index contributed by atoms with van der Waals surface area (Å²) in [4.78, 5) is 8.54. The molecule has 1 aromatic carbocycles. The van der Waals surface area contributed by atoms with E-state index >= 15 is 0 Å². The number of benzene rings is 1. The van der Waals surface area contributed by atoms with Crippen molar-refractivity contribution in [2.24, 2.45) is 11.7 Å². The average Bonchev–Trinajstić information content (AvgIpc) is 3.00. The molecule has 18 heavy (non-hydrogen) atoms. The van der Waals surface area contributed by atoms with Crippen molar-refractivity contribution in [1.29, 1.82) is 0 Å². The Kier molecular flexibility index (Phi) is 2.93. The Bertz CT molecular complexity index is 634. The summed E-state index contributed by atoms with van der Waals surface area (Å²) >= 11 is 15.2. The minimum Gasteiger partial charge on any atom is -0.300 e. The summed E-state index contributed by atoms with van der Waals surface area (Å²) in [6.45, 7) is 0. The van der Waals surface area contributed by atoms with Gasteiger partial charge in [-0.25, -0.2) is 21.7 Å².